The number of carbonyl (C=O) groups excluding carboxylic acids is 1. The Morgan fingerprint density at radius 3 is 2.87 bits per heavy atom. The van der Waals surface area contributed by atoms with Crippen molar-refractivity contribution in [2.24, 2.45) is 0 Å². The Bertz CT molecular complexity index is 253. The monoisotopic (exact) mass is 212 g/mol. The molecule has 0 aromatic carbocycles. The number of rotatable bonds is 5. The van der Waals surface area contributed by atoms with Crippen molar-refractivity contribution >= 4 is 6.29 Å². The molecule has 2 aliphatic heterocycles. The molecule has 3 atom stereocenters. The van der Waals surface area contributed by atoms with E-state index < -0.39 is 0 Å². The summed E-state index contributed by atoms with van der Waals surface area (Å²) in [6, 6.07) is 0. The van der Waals surface area contributed by atoms with Crippen molar-refractivity contribution in [2.45, 2.75) is 69.2 Å². The molecule has 0 spiro atoms. The Kier molecular flexibility index (Phi) is 2.86. The molecule has 86 valence electrons. The van der Waals surface area contributed by atoms with Gasteiger partial charge in [0.25, 0.3) is 0 Å². The number of carbonyl (C=O) groups is 1. The highest BCUT2D eigenvalue weighted by Gasteiger charge is 2.59. The van der Waals surface area contributed by atoms with Crippen LogP contribution >= 0.6 is 0 Å². The lowest BCUT2D eigenvalue weighted by Crippen LogP contribution is -2.38. The zero-order valence-corrected chi connectivity index (χ0v) is 9.37. The largest absolute Gasteiger partial charge is 0.390 e. The standard InChI is InChI=1S/C12H20O3/c1-2-11-6-7-12(15-11,10(14)9-11)5-3-4-8-13/h8,10,14H,2-7,9H2,1H3/t10-,11-,12+/m0/s1. The third-order valence-corrected chi connectivity index (χ3v) is 4.16. The molecule has 0 amide bonds. The molecule has 1 N–H and O–H groups in total. The van der Waals surface area contributed by atoms with Crippen molar-refractivity contribution in [3.8, 4) is 0 Å². The van der Waals surface area contributed by atoms with Crippen molar-refractivity contribution in [3.63, 3.8) is 0 Å². The van der Waals surface area contributed by atoms with Gasteiger partial charge in [0.15, 0.2) is 0 Å². The Labute approximate surface area is 90.8 Å². The first-order valence-electron chi connectivity index (χ1n) is 5.98. The van der Waals surface area contributed by atoms with Gasteiger partial charge in [-0.2, -0.15) is 0 Å². The van der Waals surface area contributed by atoms with Gasteiger partial charge in [-0.25, -0.2) is 0 Å². The molecule has 2 bridgehead atoms. The molecule has 2 fully saturated rings. The second kappa shape index (κ2) is 3.87. The molecule has 0 unspecified atom stereocenters. The molecular weight excluding hydrogens is 192 g/mol. The van der Waals surface area contributed by atoms with E-state index in [0.717, 1.165) is 44.8 Å². The molecule has 0 aromatic heterocycles. The van der Waals surface area contributed by atoms with E-state index in [-0.39, 0.29) is 17.3 Å². The van der Waals surface area contributed by atoms with Crippen LogP contribution in [0, 0.1) is 0 Å². The molecule has 3 heteroatoms. The molecule has 3 nitrogen and oxygen atoms in total. The van der Waals surface area contributed by atoms with Crippen LogP contribution in [0.4, 0.5) is 0 Å². The molecule has 2 saturated heterocycles. The van der Waals surface area contributed by atoms with Crippen molar-refractivity contribution in [1.82, 2.24) is 0 Å². The molecule has 0 saturated carbocycles. The highest BCUT2D eigenvalue weighted by molar-refractivity contribution is 5.49. The normalized spacial score (nSPS) is 43.5. The number of hydrogen-bond acceptors (Lipinski definition) is 3. The Morgan fingerprint density at radius 1 is 1.53 bits per heavy atom. The minimum absolute atomic E-state index is 0.0550. The van der Waals surface area contributed by atoms with Gasteiger partial charge >= 0.3 is 0 Å². The summed E-state index contributed by atoms with van der Waals surface area (Å²) in [6.45, 7) is 2.12. The summed E-state index contributed by atoms with van der Waals surface area (Å²) < 4.78 is 6.09. The minimum atomic E-state index is -0.321. The summed E-state index contributed by atoms with van der Waals surface area (Å²) in [6.07, 6.45) is 6.66. The molecule has 15 heavy (non-hydrogen) atoms. The fraction of sp³-hybridized carbons (Fsp3) is 0.917. The summed E-state index contributed by atoms with van der Waals surface area (Å²) in [5.74, 6) is 0. The van der Waals surface area contributed by atoms with E-state index in [2.05, 4.69) is 6.92 Å². The summed E-state index contributed by atoms with van der Waals surface area (Å²) in [5, 5.41) is 10.1. The van der Waals surface area contributed by atoms with Crippen LogP contribution in [0.25, 0.3) is 0 Å². The van der Waals surface area contributed by atoms with Crippen LogP contribution in [0.2, 0.25) is 0 Å². The fourth-order valence-electron chi connectivity index (χ4n) is 3.11. The van der Waals surface area contributed by atoms with E-state index in [4.69, 9.17) is 4.74 Å². The lowest BCUT2D eigenvalue weighted by Gasteiger charge is -2.28. The number of aliphatic hydroxyl groups excluding tert-OH is 1. The van der Waals surface area contributed by atoms with Crippen molar-refractivity contribution < 1.29 is 14.6 Å². The molecule has 2 heterocycles. The third kappa shape index (κ3) is 1.72. The average Bonchev–Trinajstić information content (AvgIpc) is 2.72. The first kappa shape index (κ1) is 11.1. The van der Waals surface area contributed by atoms with Crippen molar-refractivity contribution in [1.29, 1.82) is 0 Å². The van der Waals surface area contributed by atoms with Crippen LogP contribution in [0.1, 0.15) is 51.9 Å². The van der Waals surface area contributed by atoms with E-state index in [9.17, 15) is 9.90 Å². The van der Waals surface area contributed by atoms with Gasteiger partial charge in [0.1, 0.15) is 6.29 Å². The van der Waals surface area contributed by atoms with Gasteiger partial charge in [-0.3, -0.25) is 0 Å². The quantitative estimate of drug-likeness (QED) is 0.558. The first-order valence-corrected chi connectivity index (χ1v) is 5.98. The number of aldehydes is 1. The molecule has 0 radical (unpaired) electrons. The van der Waals surface area contributed by atoms with Crippen LogP contribution in [-0.2, 0) is 9.53 Å². The van der Waals surface area contributed by atoms with Crippen LogP contribution in [-0.4, -0.2) is 28.7 Å². The SMILES string of the molecule is CC[C@@]12CC[C@@](CCCC=O)(O1)[C@@H](O)C2. The number of aliphatic hydroxyl groups is 1. The summed E-state index contributed by atoms with van der Waals surface area (Å²) in [4.78, 5) is 10.3. The Hall–Kier alpha value is -0.410. The summed E-state index contributed by atoms with van der Waals surface area (Å²) >= 11 is 0. The lowest BCUT2D eigenvalue weighted by molar-refractivity contribution is -0.108. The number of hydrogen-bond donors (Lipinski definition) is 1. The van der Waals surface area contributed by atoms with Crippen LogP contribution < -0.4 is 0 Å². The van der Waals surface area contributed by atoms with E-state index in [1.165, 1.54) is 0 Å². The molecule has 2 aliphatic rings. The predicted molar refractivity (Wildman–Crippen MR) is 56.6 cm³/mol. The fourth-order valence-corrected chi connectivity index (χ4v) is 3.11. The maximum atomic E-state index is 10.3. The zero-order valence-electron chi connectivity index (χ0n) is 9.37. The topological polar surface area (TPSA) is 46.5 Å². The zero-order chi connectivity index (χ0) is 10.9. The maximum absolute atomic E-state index is 10.3. The molecule has 0 aliphatic carbocycles. The van der Waals surface area contributed by atoms with Gasteiger partial charge in [-0.05, 0) is 32.1 Å². The van der Waals surface area contributed by atoms with Crippen molar-refractivity contribution in [3.05, 3.63) is 0 Å². The van der Waals surface area contributed by atoms with Gasteiger partial charge in [0.2, 0.25) is 0 Å². The number of unbranched alkanes of at least 4 members (excludes halogenated alkanes) is 1. The van der Waals surface area contributed by atoms with E-state index in [0.29, 0.717) is 6.42 Å². The van der Waals surface area contributed by atoms with Gasteiger partial charge in [0.05, 0.1) is 17.3 Å². The minimum Gasteiger partial charge on any atom is -0.390 e. The van der Waals surface area contributed by atoms with Crippen molar-refractivity contribution in [2.75, 3.05) is 0 Å². The first-order chi connectivity index (χ1) is 7.16. The third-order valence-electron chi connectivity index (χ3n) is 4.16. The predicted octanol–water partition coefficient (Wildman–Crippen LogP) is 1.82. The van der Waals surface area contributed by atoms with Crippen LogP contribution in [0.5, 0.6) is 0 Å². The van der Waals surface area contributed by atoms with E-state index >= 15 is 0 Å². The number of fused-ring (bicyclic) bond motifs is 2. The second-order valence-electron chi connectivity index (χ2n) is 4.98. The summed E-state index contributed by atoms with van der Waals surface area (Å²) in [5.41, 5.74) is -0.375. The second-order valence-corrected chi connectivity index (χ2v) is 4.98. The molecular formula is C12H20O3. The van der Waals surface area contributed by atoms with Gasteiger partial charge < -0.3 is 14.6 Å². The van der Waals surface area contributed by atoms with Gasteiger partial charge in [-0.1, -0.05) is 6.92 Å². The van der Waals surface area contributed by atoms with Crippen LogP contribution in [0.15, 0.2) is 0 Å². The lowest BCUT2D eigenvalue weighted by atomic mass is 9.77. The van der Waals surface area contributed by atoms with Crippen LogP contribution in [0.3, 0.4) is 0 Å². The number of ether oxygens (including phenoxy) is 1. The van der Waals surface area contributed by atoms with Gasteiger partial charge in [0, 0.05) is 12.8 Å². The highest BCUT2D eigenvalue weighted by atomic mass is 16.6. The molecule has 2 rings (SSSR count). The average molecular weight is 212 g/mol. The maximum Gasteiger partial charge on any atom is 0.119 e. The smallest absolute Gasteiger partial charge is 0.119 e. The van der Waals surface area contributed by atoms with Gasteiger partial charge in [-0.15, -0.1) is 0 Å². The van der Waals surface area contributed by atoms with E-state index in [1.54, 1.807) is 0 Å². The van der Waals surface area contributed by atoms with E-state index in [1.807, 2.05) is 0 Å². The highest BCUT2D eigenvalue weighted by Crippen LogP contribution is 2.54. The Morgan fingerprint density at radius 2 is 2.33 bits per heavy atom. The molecule has 0 aromatic rings. The Balaban J connectivity index is 2.00. The summed E-state index contributed by atoms with van der Waals surface area (Å²) in [7, 11) is 0.